The number of halogens is 1. The number of sulfonamides is 1. The molecule has 0 aliphatic heterocycles. The summed E-state index contributed by atoms with van der Waals surface area (Å²) in [5, 5.41) is 3.12. The molecule has 0 bridgehead atoms. The summed E-state index contributed by atoms with van der Waals surface area (Å²) in [6.45, 7) is 0.0669. The monoisotopic (exact) mass is 444 g/mol. The number of amides is 1. The molecule has 7 nitrogen and oxygen atoms in total. The van der Waals surface area contributed by atoms with Crippen molar-refractivity contribution < 1.29 is 13.2 Å². The van der Waals surface area contributed by atoms with Crippen LogP contribution in [0.1, 0.15) is 22.0 Å². The Bertz CT molecular complexity index is 1120. The van der Waals surface area contributed by atoms with Gasteiger partial charge in [-0.15, -0.1) is 0 Å². The Hall–Kier alpha value is -2.78. The van der Waals surface area contributed by atoms with Crippen molar-refractivity contribution >= 4 is 33.2 Å². The van der Waals surface area contributed by atoms with Gasteiger partial charge in [0.15, 0.2) is 0 Å². The average molecular weight is 445 g/mol. The first-order valence-corrected chi connectivity index (χ1v) is 10.9. The third-order valence-corrected chi connectivity index (χ3v) is 6.55. The highest BCUT2D eigenvalue weighted by Crippen LogP contribution is 2.21. The van der Waals surface area contributed by atoms with Gasteiger partial charge in [0.25, 0.3) is 5.91 Å². The van der Waals surface area contributed by atoms with Crippen LogP contribution in [-0.2, 0) is 10.0 Å². The molecule has 3 N–H and O–H groups in total. The van der Waals surface area contributed by atoms with Gasteiger partial charge < -0.3 is 11.1 Å². The number of pyridine rings is 1. The van der Waals surface area contributed by atoms with E-state index in [9.17, 15) is 13.2 Å². The van der Waals surface area contributed by atoms with Crippen LogP contribution in [0, 0.1) is 0 Å². The number of nitrogens with two attached hydrogens (primary N) is 1. The maximum Gasteiger partial charge on any atom is 0.255 e. The Morgan fingerprint density at radius 2 is 1.80 bits per heavy atom. The normalized spacial score (nSPS) is 12.5. The van der Waals surface area contributed by atoms with Crippen molar-refractivity contribution in [3.8, 4) is 0 Å². The summed E-state index contributed by atoms with van der Waals surface area (Å²) in [5.41, 5.74) is 8.03. The van der Waals surface area contributed by atoms with Crippen LogP contribution >= 0.6 is 11.6 Å². The number of carbonyl (C=O) groups is 1. The number of carbonyl (C=O) groups excluding carboxylic acids is 1. The molecule has 0 aliphatic rings. The molecular formula is C21H21ClN4O3S. The highest BCUT2D eigenvalue weighted by molar-refractivity contribution is 7.89. The van der Waals surface area contributed by atoms with Gasteiger partial charge in [-0.25, -0.2) is 8.42 Å². The smallest absolute Gasteiger partial charge is 0.255 e. The van der Waals surface area contributed by atoms with E-state index in [1.807, 2.05) is 0 Å². The molecule has 9 heteroatoms. The van der Waals surface area contributed by atoms with E-state index in [1.165, 1.54) is 23.5 Å². The van der Waals surface area contributed by atoms with E-state index in [1.54, 1.807) is 60.9 Å². The first-order valence-electron chi connectivity index (χ1n) is 9.06. The largest absolute Gasteiger partial charge is 0.323 e. The molecule has 0 fully saturated rings. The Morgan fingerprint density at radius 3 is 2.43 bits per heavy atom. The van der Waals surface area contributed by atoms with Crippen molar-refractivity contribution in [3.63, 3.8) is 0 Å². The highest BCUT2D eigenvalue weighted by Gasteiger charge is 2.23. The fraction of sp³-hybridized carbons (Fsp3) is 0.143. The molecule has 1 aromatic heterocycles. The molecule has 0 spiro atoms. The number of hydrogen-bond donors (Lipinski definition) is 2. The van der Waals surface area contributed by atoms with Crippen LogP contribution in [0.5, 0.6) is 0 Å². The molecule has 3 rings (SSSR count). The first-order chi connectivity index (χ1) is 14.3. The second-order valence-electron chi connectivity index (χ2n) is 6.66. The van der Waals surface area contributed by atoms with E-state index in [-0.39, 0.29) is 17.3 Å². The third kappa shape index (κ3) is 5.22. The van der Waals surface area contributed by atoms with Crippen molar-refractivity contribution in [3.05, 3.63) is 89.2 Å². The lowest BCUT2D eigenvalue weighted by molar-refractivity contribution is 0.102. The van der Waals surface area contributed by atoms with Gasteiger partial charge >= 0.3 is 0 Å². The second-order valence-corrected chi connectivity index (χ2v) is 9.14. The molecule has 0 radical (unpaired) electrons. The number of nitrogens with zero attached hydrogens (tertiary/aromatic N) is 2. The van der Waals surface area contributed by atoms with Crippen LogP contribution < -0.4 is 11.1 Å². The number of anilines is 1. The van der Waals surface area contributed by atoms with Crippen molar-refractivity contribution in [2.45, 2.75) is 10.9 Å². The lowest BCUT2D eigenvalue weighted by Gasteiger charge is -2.22. The second kappa shape index (κ2) is 9.36. The predicted octanol–water partition coefficient (Wildman–Crippen LogP) is 3.31. The van der Waals surface area contributed by atoms with E-state index >= 15 is 0 Å². The number of nitrogens with one attached hydrogen (secondary N) is 1. The molecule has 0 aliphatic carbocycles. The molecule has 1 atom stereocenters. The molecule has 156 valence electrons. The van der Waals surface area contributed by atoms with Gasteiger partial charge in [-0.2, -0.15) is 4.31 Å². The van der Waals surface area contributed by atoms with Gasteiger partial charge in [0, 0.05) is 48.3 Å². The highest BCUT2D eigenvalue weighted by atomic mass is 35.5. The van der Waals surface area contributed by atoms with Gasteiger partial charge in [0.1, 0.15) is 0 Å². The summed E-state index contributed by atoms with van der Waals surface area (Å²) >= 11 is 5.91. The predicted molar refractivity (Wildman–Crippen MR) is 117 cm³/mol. The minimum atomic E-state index is -3.72. The zero-order valence-corrected chi connectivity index (χ0v) is 17.8. The topological polar surface area (TPSA) is 105 Å². The van der Waals surface area contributed by atoms with Gasteiger partial charge in [0.05, 0.1) is 4.90 Å². The fourth-order valence-electron chi connectivity index (χ4n) is 2.81. The molecular weight excluding hydrogens is 424 g/mol. The van der Waals surface area contributed by atoms with Crippen LogP contribution in [0.25, 0.3) is 0 Å². The maximum absolute atomic E-state index is 12.7. The number of benzene rings is 2. The zero-order chi connectivity index (χ0) is 21.7. The SMILES string of the molecule is CN(CC(N)c1ccc(C(=O)Nc2ccncc2)cc1)S(=O)(=O)c1cccc(Cl)c1. The quantitative estimate of drug-likeness (QED) is 0.581. The molecule has 30 heavy (non-hydrogen) atoms. The molecule has 0 saturated heterocycles. The molecule has 3 aromatic rings. The van der Waals surface area contributed by atoms with Gasteiger partial charge in [-0.3, -0.25) is 9.78 Å². The van der Waals surface area contributed by atoms with E-state index in [4.69, 9.17) is 17.3 Å². The summed E-state index contributed by atoms with van der Waals surface area (Å²) in [6.07, 6.45) is 3.18. The van der Waals surface area contributed by atoms with Gasteiger partial charge in [0.2, 0.25) is 10.0 Å². The van der Waals surface area contributed by atoms with Gasteiger partial charge in [-0.1, -0.05) is 29.8 Å². The van der Waals surface area contributed by atoms with E-state index in [2.05, 4.69) is 10.3 Å². The summed E-state index contributed by atoms with van der Waals surface area (Å²) in [4.78, 5) is 16.3. The molecule has 0 saturated carbocycles. The Balaban J connectivity index is 1.67. The molecule has 1 amide bonds. The number of likely N-dealkylation sites (N-methyl/N-ethyl adjacent to an activating group) is 1. The van der Waals surface area contributed by atoms with Crippen molar-refractivity contribution in [2.24, 2.45) is 5.73 Å². The summed E-state index contributed by atoms with van der Waals surface area (Å²) in [6, 6.07) is 15.6. The number of aromatic nitrogens is 1. The van der Waals surface area contributed by atoms with Crippen LogP contribution in [0.15, 0.2) is 78.0 Å². The van der Waals surface area contributed by atoms with Crippen molar-refractivity contribution in [1.29, 1.82) is 0 Å². The van der Waals surface area contributed by atoms with Crippen molar-refractivity contribution in [2.75, 3.05) is 18.9 Å². The van der Waals surface area contributed by atoms with Crippen molar-refractivity contribution in [1.82, 2.24) is 9.29 Å². The molecule has 1 heterocycles. The fourth-order valence-corrected chi connectivity index (χ4v) is 4.31. The third-order valence-electron chi connectivity index (χ3n) is 4.50. The van der Waals surface area contributed by atoms with Crippen LogP contribution in [-0.4, -0.2) is 37.2 Å². The molecule has 1 unspecified atom stereocenters. The Morgan fingerprint density at radius 1 is 1.13 bits per heavy atom. The minimum absolute atomic E-state index is 0.0669. The van der Waals surface area contributed by atoms with Crippen LogP contribution in [0.2, 0.25) is 5.02 Å². The van der Waals surface area contributed by atoms with Crippen LogP contribution in [0.4, 0.5) is 5.69 Å². The summed E-state index contributed by atoms with van der Waals surface area (Å²) in [5.74, 6) is -0.262. The average Bonchev–Trinajstić information content (AvgIpc) is 2.74. The van der Waals surface area contributed by atoms with Gasteiger partial charge in [-0.05, 0) is 48.0 Å². The first kappa shape index (κ1) is 21.9. The zero-order valence-electron chi connectivity index (χ0n) is 16.2. The summed E-state index contributed by atoms with van der Waals surface area (Å²) < 4.78 is 26.6. The van der Waals surface area contributed by atoms with E-state index < -0.39 is 16.1 Å². The number of rotatable bonds is 7. The molecule has 2 aromatic carbocycles. The Labute approximate surface area is 180 Å². The Kier molecular flexibility index (Phi) is 6.84. The van der Waals surface area contributed by atoms with E-state index in [0.717, 1.165) is 0 Å². The lowest BCUT2D eigenvalue weighted by atomic mass is 10.1. The maximum atomic E-state index is 12.7. The van der Waals surface area contributed by atoms with Crippen LogP contribution in [0.3, 0.4) is 0 Å². The van der Waals surface area contributed by atoms with E-state index in [0.29, 0.717) is 21.8 Å². The minimum Gasteiger partial charge on any atom is -0.323 e. The standard InChI is InChI=1S/C21H21ClN4O3S/c1-26(30(28,29)19-4-2-3-17(22)13-19)14-20(23)15-5-7-16(8-6-15)21(27)25-18-9-11-24-12-10-18/h2-13,20H,14,23H2,1H3,(H,24,25,27). The number of hydrogen-bond acceptors (Lipinski definition) is 5. The lowest BCUT2D eigenvalue weighted by Crippen LogP contribution is -2.34. The summed E-state index contributed by atoms with van der Waals surface area (Å²) in [7, 11) is -2.26.